The van der Waals surface area contributed by atoms with Gasteiger partial charge in [0.15, 0.2) is 12.0 Å². The molecule has 2 aliphatic heterocycles. The van der Waals surface area contributed by atoms with Crippen LogP contribution in [-0.2, 0) is 14.2 Å². The summed E-state index contributed by atoms with van der Waals surface area (Å²) < 4.78 is 16.3. The second kappa shape index (κ2) is 9.02. The summed E-state index contributed by atoms with van der Waals surface area (Å²) in [5, 5.41) is 35.5. The first-order valence-electron chi connectivity index (χ1n) is 10.7. The van der Waals surface area contributed by atoms with E-state index in [1.807, 2.05) is 0 Å². The molecule has 2 aliphatic rings. The van der Waals surface area contributed by atoms with E-state index >= 15 is 0 Å². The van der Waals surface area contributed by atoms with Crippen LogP contribution in [0.3, 0.4) is 0 Å². The van der Waals surface area contributed by atoms with Gasteiger partial charge in [-0.05, 0) is 41.5 Å². The number of nitrogens with zero attached hydrogens (tertiary/aromatic N) is 2. The summed E-state index contributed by atoms with van der Waals surface area (Å²) in [6.45, 7) is 9.20. The monoisotopic (exact) mass is 485 g/mol. The summed E-state index contributed by atoms with van der Waals surface area (Å²) in [7, 11) is 0. The van der Waals surface area contributed by atoms with E-state index in [1.165, 1.54) is 0 Å². The number of nitrogens with one attached hydrogen (secondary N) is 3. The molecule has 1 saturated heterocycles. The Bertz CT molecular complexity index is 1000. The highest BCUT2D eigenvalue weighted by molar-refractivity contribution is 5.93. The molecule has 190 valence electrons. The van der Waals surface area contributed by atoms with Crippen molar-refractivity contribution in [3.63, 3.8) is 0 Å². The molecule has 0 bridgehead atoms. The van der Waals surface area contributed by atoms with Crippen molar-refractivity contribution in [2.75, 3.05) is 22.1 Å². The van der Waals surface area contributed by atoms with Crippen LogP contribution in [0.5, 0.6) is 0 Å². The number of hydrogen-bond acceptors (Lipinski definition) is 11. The van der Waals surface area contributed by atoms with Gasteiger partial charge in [0.05, 0.1) is 6.61 Å². The van der Waals surface area contributed by atoms with E-state index in [1.54, 1.807) is 41.5 Å². The molecular formula is C20H31N5O9. The molecule has 1 aromatic rings. The lowest BCUT2D eigenvalue weighted by Crippen LogP contribution is -2.69. The molecule has 1 fully saturated rings. The standard InChI is InChI=1S/C20H31N5O9/c1-19(2,3)33-17(30)24-16-22-13-10(14(29)23-16)21-9-12(28)11(27)8(7-26)32-15(9)25(13)18(31)34-20(4,5)6/h8-9,11-12,15,21,26-28H,7H2,1-6H3,(H2,22,23,24,29,30). The predicted octanol–water partition coefficient (Wildman–Crippen LogP) is 0.0915. The SMILES string of the molecule is CC(C)(C)OC(=O)Nc1nc2c(c(=O)[nH]1)NC1C(O)C(O)C(CO)OC1N2C(=O)OC(C)(C)C. The summed E-state index contributed by atoms with van der Waals surface area (Å²) >= 11 is 0. The predicted molar refractivity (Wildman–Crippen MR) is 119 cm³/mol. The topological polar surface area (TPSA) is 196 Å². The Balaban J connectivity index is 2.07. The Hall–Kier alpha value is -2.94. The van der Waals surface area contributed by atoms with Crippen molar-refractivity contribution in [1.29, 1.82) is 0 Å². The number of carbonyl (C=O) groups excluding carboxylic acids is 2. The number of carbonyl (C=O) groups is 2. The van der Waals surface area contributed by atoms with Crippen molar-refractivity contribution < 1.29 is 39.1 Å². The molecule has 0 aromatic carbocycles. The molecular weight excluding hydrogens is 454 g/mol. The lowest BCUT2D eigenvalue weighted by molar-refractivity contribution is -0.185. The fourth-order valence-corrected chi connectivity index (χ4v) is 3.49. The van der Waals surface area contributed by atoms with Crippen molar-refractivity contribution in [1.82, 2.24) is 9.97 Å². The Kier molecular flexibility index (Phi) is 6.81. The van der Waals surface area contributed by atoms with Crippen LogP contribution in [0, 0.1) is 0 Å². The highest BCUT2D eigenvalue weighted by Crippen LogP contribution is 2.37. The number of aliphatic hydroxyl groups excluding tert-OH is 3. The number of aromatic amines is 1. The molecule has 0 saturated carbocycles. The lowest BCUT2D eigenvalue weighted by atomic mass is 9.94. The minimum absolute atomic E-state index is 0.223. The molecule has 5 atom stereocenters. The molecule has 2 amide bonds. The number of fused-ring (bicyclic) bond motifs is 2. The average molecular weight is 485 g/mol. The maximum absolute atomic E-state index is 13.2. The Morgan fingerprint density at radius 2 is 1.74 bits per heavy atom. The lowest BCUT2D eigenvalue weighted by Gasteiger charge is -2.49. The number of amides is 2. The second-order valence-corrected chi connectivity index (χ2v) is 9.99. The Labute approximate surface area is 195 Å². The summed E-state index contributed by atoms with van der Waals surface area (Å²) in [5.41, 5.74) is -2.77. The van der Waals surface area contributed by atoms with Gasteiger partial charge in [-0.2, -0.15) is 4.98 Å². The molecule has 5 unspecified atom stereocenters. The van der Waals surface area contributed by atoms with Gasteiger partial charge < -0.3 is 34.8 Å². The fourth-order valence-electron chi connectivity index (χ4n) is 3.49. The van der Waals surface area contributed by atoms with Crippen molar-refractivity contribution in [2.45, 2.75) is 83.3 Å². The maximum Gasteiger partial charge on any atom is 0.418 e. The fraction of sp³-hybridized carbons (Fsp3) is 0.700. The first-order valence-corrected chi connectivity index (χ1v) is 10.7. The number of hydrogen-bond donors (Lipinski definition) is 6. The zero-order valence-electron chi connectivity index (χ0n) is 19.8. The van der Waals surface area contributed by atoms with Gasteiger partial charge in [-0.3, -0.25) is 15.1 Å². The zero-order valence-corrected chi connectivity index (χ0v) is 19.8. The smallest absolute Gasteiger partial charge is 0.418 e. The van der Waals surface area contributed by atoms with E-state index in [-0.39, 0.29) is 17.5 Å². The van der Waals surface area contributed by atoms with Gasteiger partial charge in [0, 0.05) is 0 Å². The molecule has 14 nitrogen and oxygen atoms in total. The third kappa shape index (κ3) is 5.41. The minimum Gasteiger partial charge on any atom is -0.444 e. The van der Waals surface area contributed by atoms with Crippen LogP contribution in [0.1, 0.15) is 41.5 Å². The quantitative estimate of drug-likeness (QED) is 0.332. The summed E-state index contributed by atoms with van der Waals surface area (Å²) in [5.74, 6) is -0.576. The molecule has 3 heterocycles. The van der Waals surface area contributed by atoms with E-state index in [9.17, 15) is 29.7 Å². The van der Waals surface area contributed by atoms with E-state index in [0.717, 1.165) is 4.90 Å². The van der Waals surface area contributed by atoms with Crippen molar-refractivity contribution >= 4 is 29.6 Å². The Morgan fingerprint density at radius 3 is 2.29 bits per heavy atom. The largest absolute Gasteiger partial charge is 0.444 e. The number of H-pyrrole nitrogens is 1. The highest BCUT2D eigenvalue weighted by atomic mass is 16.6. The first-order chi connectivity index (χ1) is 15.6. The van der Waals surface area contributed by atoms with Gasteiger partial charge in [-0.25, -0.2) is 14.5 Å². The maximum atomic E-state index is 13.2. The third-order valence-electron chi connectivity index (χ3n) is 4.80. The number of anilines is 3. The van der Waals surface area contributed by atoms with Crippen molar-refractivity contribution in [2.24, 2.45) is 0 Å². The van der Waals surface area contributed by atoms with Crippen LogP contribution in [0.4, 0.5) is 27.0 Å². The van der Waals surface area contributed by atoms with Crippen LogP contribution < -0.4 is 21.1 Å². The van der Waals surface area contributed by atoms with E-state index in [4.69, 9.17) is 14.2 Å². The number of ether oxygens (including phenoxy) is 3. The first kappa shape index (κ1) is 25.7. The van der Waals surface area contributed by atoms with Gasteiger partial charge in [-0.15, -0.1) is 0 Å². The molecule has 3 rings (SSSR count). The molecule has 6 N–H and O–H groups in total. The molecule has 0 spiro atoms. The second-order valence-electron chi connectivity index (χ2n) is 9.99. The van der Waals surface area contributed by atoms with E-state index < -0.39 is 66.1 Å². The molecule has 0 radical (unpaired) electrons. The van der Waals surface area contributed by atoms with Gasteiger partial charge in [0.25, 0.3) is 5.56 Å². The average Bonchev–Trinajstić information content (AvgIpc) is 2.66. The van der Waals surface area contributed by atoms with Crippen LogP contribution in [0.15, 0.2) is 4.79 Å². The van der Waals surface area contributed by atoms with Crippen LogP contribution in [0.25, 0.3) is 0 Å². The highest BCUT2D eigenvalue weighted by Gasteiger charge is 2.52. The number of rotatable bonds is 2. The normalized spacial score (nSPS) is 26.6. The van der Waals surface area contributed by atoms with Crippen LogP contribution in [-0.4, -0.2) is 85.9 Å². The summed E-state index contributed by atoms with van der Waals surface area (Å²) in [6.07, 6.45) is -7.43. The van der Waals surface area contributed by atoms with E-state index in [0.29, 0.717) is 0 Å². The van der Waals surface area contributed by atoms with E-state index in [2.05, 4.69) is 20.6 Å². The van der Waals surface area contributed by atoms with Crippen LogP contribution in [0.2, 0.25) is 0 Å². The van der Waals surface area contributed by atoms with Gasteiger partial charge in [0.2, 0.25) is 5.95 Å². The molecule has 34 heavy (non-hydrogen) atoms. The van der Waals surface area contributed by atoms with Gasteiger partial charge in [-0.1, -0.05) is 0 Å². The minimum atomic E-state index is -1.52. The van der Waals surface area contributed by atoms with Crippen LogP contribution >= 0.6 is 0 Å². The van der Waals surface area contributed by atoms with Gasteiger partial charge >= 0.3 is 12.2 Å². The summed E-state index contributed by atoms with van der Waals surface area (Å²) in [6, 6.07) is -1.16. The van der Waals surface area contributed by atoms with Crippen molar-refractivity contribution in [3.05, 3.63) is 10.4 Å². The number of aromatic nitrogens is 2. The Morgan fingerprint density at radius 1 is 1.12 bits per heavy atom. The zero-order chi connectivity index (χ0) is 25.6. The summed E-state index contributed by atoms with van der Waals surface area (Å²) in [4.78, 5) is 45.6. The molecule has 1 aromatic heterocycles. The third-order valence-corrected chi connectivity index (χ3v) is 4.80. The van der Waals surface area contributed by atoms with Gasteiger partial charge in [0.1, 0.15) is 41.2 Å². The molecule has 14 heteroatoms. The number of aliphatic hydroxyl groups is 3. The van der Waals surface area contributed by atoms with Crippen molar-refractivity contribution in [3.8, 4) is 0 Å². The molecule has 0 aliphatic carbocycles.